The van der Waals surface area contributed by atoms with Crippen molar-refractivity contribution < 1.29 is 28.6 Å². The average Bonchev–Trinajstić information content (AvgIpc) is 2.50. The van der Waals surface area contributed by atoms with Gasteiger partial charge < -0.3 is 19.1 Å². The van der Waals surface area contributed by atoms with Crippen molar-refractivity contribution in [1.29, 1.82) is 0 Å². The van der Waals surface area contributed by atoms with Crippen LogP contribution in [0, 0.1) is 0 Å². The number of amides is 1. The Morgan fingerprint density at radius 3 is 2.10 bits per heavy atom. The van der Waals surface area contributed by atoms with E-state index in [-0.39, 0.29) is 23.5 Å². The summed E-state index contributed by atoms with van der Waals surface area (Å²) in [5.41, 5.74) is 0.108. The van der Waals surface area contributed by atoms with Gasteiger partial charge in [-0.25, -0.2) is 9.59 Å². The molecule has 0 aliphatic carbocycles. The molecule has 0 radical (unpaired) electrons. The molecule has 112 valence electrons. The van der Waals surface area contributed by atoms with E-state index in [0.29, 0.717) is 26.3 Å². The van der Waals surface area contributed by atoms with E-state index < -0.39 is 11.9 Å². The smallest absolute Gasteiger partial charge is 0.334 e. The normalized spacial score (nSPS) is 16.2. The fraction of sp³-hybridized carbons (Fsp3) is 0.615. The maximum atomic E-state index is 12.1. The molecule has 0 bridgehead atoms. The summed E-state index contributed by atoms with van der Waals surface area (Å²) in [7, 11) is 2.41. The molecule has 1 saturated heterocycles. The van der Waals surface area contributed by atoms with Crippen LogP contribution in [0.4, 0.5) is 0 Å². The topological polar surface area (TPSA) is 82.1 Å². The number of morpholine rings is 1. The van der Waals surface area contributed by atoms with Crippen molar-refractivity contribution in [3.63, 3.8) is 0 Å². The molecule has 0 unspecified atom stereocenters. The fourth-order valence-corrected chi connectivity index (χ4v) is 1.83. The summed E-state index contributed by atoms with van der Waals surface area (Å²) in [6.45, 7) is 3.33. The third-order valence-electron chi connectivity index (χ3n) is 3.07. The summed E-state index contributed by atoms with van der Waals surface area (Å²) in [4.78, 5) is 36.9. The van der Waals surface area contributed by atoms with E-state index >= 15 is 0 Å². The van der Waals surface area contributed by atoms with Gasteiger partial charge in [0.2, 0.25) is 5.91 Å². The molecule has 1 amide bonds. The predicted molar refractivity (Wildman–Crippen MR) is 68.7 cm³/mol. The predicted octanol–water partition coefficient (Wildman–Crippen LogP) is -0.102. The summed E-state index contributed by atoms with van der Waals surface area (Å²) in [6, 6.07) is 0. The van der Waals surface area contributed by atoms with Crippen LogP contribution in [0.15, 0.2) is 11.1 Å². The lowest BCUT2D eigenvalue weighted by atomic mass is 10.1. The van der Waals surface area contributed by atoms with Gasteiger partial charge in [-0.05, 0) is 6.92 Å². The highest BCUT2D eigenvalue weighted by Crippen LogP contribution is 2.15. The standard InChI is InChI=1S/C13H19NO6/c1-9(12(16)18-2)10(13(17)19-3)8-11(15)14-4-6-20-7-5-14/h4-8H2,1-3H3/b10-9+. The van der Waals surface area contributed by atoms with Crippen molar-refractivity contribution in [2.75, 3.05) is 40.5 Å². The summed E-state index contributed by atoms with van der Waals surface area (Å²) in [5, 5.41) is 0. The Balaban J connectivity index is 2.87. The van der Waals surface area contributed by atoms with Crippen molar-refractivity contribution in [2.24, 2.45) is 0 Å². The van der Waals surface area contributed by atoms with Crippen molar-refractivity contribution in [3.8, 4) is 0 Å². The summed E-state index contributed by atoms with van der Waals surface area (Å²) in [6.07, 6.45) is -0.187. The van der Waals surface area contributed by atoms with E-state index in [1.54, 1.807) is 4.90 Å². The van der Waals surface area contributed by atoms with Crippen molar-refractivity contribution in [1.82, 2.24) is 4.90 Å². The average molecular weight is 285 g/mol. The van der Waals surface area contributed by atoms with E-state index in [2.05, 4.69) is 9.47 Å². The molecule has 1 aliphatic heterocycles. The van der Waals surface area contributed by atoms with Crippen LogP contribution in [0.3, 0.4) is 0 Å². The van der Waals surface area contributed by atoms with Gasteiger partial charge in [0.25, 0.3) is 0 Å². The highest BCUT2D eigenvalue weighted by molar-refractivity contribution is 6.03. The molecule has 7 heteroatoms. The Labute approximate surface area is 117 Å². The third-order valence-corrected chi connectivity index (χ3v) is 3.07. The zero-order valence-electron chi connectivity index (χ0n) is 11.9. The molecule has 0 N–H and O–H groups in total. The first-order chi connectivity index (χ1) is 9.51. The summed E-state index contributed by atoms with van der Waals surface area (Å²) < 4.78 is 14.3. The SMILES string of the molecule is COC(=O)/C(C)=C(\CC(=O)N1CCOCC1)C(=O)OC. The third kappa shape index (κ3) is 4.06. The van der Waals surface area contributed by atoms with Crippen molar-refractivity contribution in [2.45, 2.75) is 13.3 Å². The number of carbonyl (C=O) groups is 3. The largest absolute Gasteiger partial charge is 0.466 e. The van der Waals surface area contributed by atoms with Gasteiger partial charge in [0, 0.05) is 18.7 Å². The number of nitrogens with zero attached hydrogens (tertiary/aromatic N) is 1. The van der Waals surface area contributed by atoms with Gasteiger partial charge in [-0.2, -0.15) is 0 Å². The van der Waals surface area contributed by atoms with Gasteiger partial charge in [-0.1, -0.05) is 0 Å². The molecule has 1 aliphatic rings. The molecule has 0 aromatic rings. The highest BCUT2D eigenvalue weighted by Gasteiger charge is 2.25. The second kappa shape index (κ2) is 7.64. The number of esters is 2. The Hall–Kier alpha value is -1.89. The lowest BCUT2D eigenvalue weighted by Crippen LogP contribution is -2.41. The first-order valence-corrected chi connectivity index (χ1v) is 6.23. The van der Waals surface area contributed by atoms with E-state index in [1.807, 2.05) is 0 Å². The molecule has 0 atom stereocenters. The van der Waals surface area contributed by atoms with Gasteiger partial charge in [0.1, 0.15) is 0 Å². The van der Waals surface area contributed by atoms with Crippen LogP contribution < -0.4 is 0 Å². The minimum atomic E-state index is -0.700. The zero-order chi connectivity index (χ0) is 15.1. The fourth-order valence-electron chi connectivity index (χ4n) is 1.83. The molecule has 1 heterocycles. The van der Waals surface area contributed by atoms with Crippen LogP contribution in [0.2, 0.25) is 0 Å². The molecule has 1 fully saturated rings. The highest BCUT2D eigenvalue weighted by atomic mass is 16.5. The summed E-state index contributed by atoms with van der Waals surface area (Å²) in [5.74, 6) is -1.59. The minimum Gasteiger partial charge on any atom is -0.466 e. The first-order valence-electron chi connectivity index (χ1n) is 6.23. The molecular formula is C13H19NO6. The molecule has 1 rings (SSSR count). The Morgan fingerprint density at radius 2 is 1.60 bits per heavy atom. The van der Waals surface area contributed by atoms with E-state index in [1.165, 1.54) is 21.1 Å². The number of carbonyl (C=O) groups excluding carboxylic acids is 3. The minimum absolute atomic E-state index is 0.0239. The van der Waals surface area contributed by atoms with Crippen LogP contribution in [0.25, 0.3) is 0 Å². The number of rotatable bonds is 4. The van der Waals surface area contributed by atoms with Gasteiger partial charge in [-0.15, -0.1) is 0 Å². The van der Waals surface area contributed by atoms with Gasteiger partial charge >= 0.3 is 11.9 Å². The summed E-state index contributed by atoms with van der Waals surface area (Å²) >= 11 is 0. The Bertz CT molecular complexity index is 423. The lowest BCUT2D eigenvalue weighted by Gasteiger charge is -2.27. The molecule has 0 spiro atoms. The molecular weight excluding hydrogens is 266 g/mol. The van der Waals surface area contributed by atoms with Gasteiger partial charge in [-0.3, -0.25) is 4.79 Å². The Morgan fingerprint density at radius 1 is 1.05 bits per heavy atom. The van der Waals surface area contributed by atoms with Crippen LogP contribution in [0.1, 0.15) is 13.3 Å². The molecule has 0 aromatic carbocycles. The van der Waals surface area contributed by atoms with Crippen LogP contribution >= 0.6 is 0 Å². The van der Waals surface area contributed by atoms with Crippen molar-refractivity contribution in [3.05, 3.63) is 11.1 Å². The second-order valence-electron chi connectivity index (χ2n) is 4.26. The van der Waals surface area contributed by atoms with Gasteiger partial charge in [0.05, 0.1) is 39.4 Å². The lowest BCUT2D eigenvalue weighted by molar-refractivity contribution is -0.141. The monoisotopic (exact) mass is 285 g/mol. The molecule has 0 saturated carbocycles. The zero-order valence-corrected chi connectivity index (χ0v) is 11.9. The first kappa shape index (κ1) is 16.2. The van der Waals surface area contributed by atoms with Gasteiger partial charge in [0.15, 0.2) is 0 Å². The van der Waals surface area contributed by atoms with E-state index in [9.17, 15) is 14.4 Å². The quantitative estimate of drug-likeness (QED) is 0.530. The van der Waals surface area contributed by atoms with Crippen LogP contribution in [-0.2, 0) is 28.6 Å². The molecule has 0 aromatic heterocycles. The van der Waals surface area contributed by atoms with Crippen LogP contribution in [0.5, 0.6) is 0 Å². The number of ether oxygens (including phenoxy) is 3. The van der Waals surface area contributed by atoms with E-state index in [4.69, 9.17) is 4.74 Å². The maximum absolute atomic E-state index is 12.1. The molecule has 7 nitrogen and oxygen atoms in total. The number of hydrogen-bond acceptors (Lipinski definition) is 6. The Kier molecular flexibility index (Phi) is 6.17. The molecule has 20 heavy (non-hydrogen) atoms. The van der Waals surface area contributed by atoms with Crippen LogP contribution in [-0.4, -0.2) is 63.3 Å². The number of hydrogen-bond donors (Lipinski definition) is 0. The van der Waals surface area contributed by atoms with E-state index in [0.717, 1.165) is 0 Å². The second-order valence-corrected chi connectivity index (χ2v) is 4.26. The van der Waals surface area contributed by atoms with Crippen molar-refractivity contribution >= 4 is 17.8 Å². The maximum Gasteiger partial charge on any atom is 0.334 e. The number of methoxy groups -OCH3 is 2.